The van der Waals surface area contributed by atoms with Crippen LogP contribution in [-0.2, 0) is 13.6 Å². The number of nitrogens with one attached hydrogen (secondary N) is 1. The molecule has 0 saturated heterocycles. The van der Waals surface area contributed by atoms with E-state index in [0.717, 1.165) is 3.57 Å². The smallest absolute Gasteiger partial charge is 0.251 e. The van der Waals surface area contributed by atoms with Crippen molar-refractivity contribution in [2.24, 2.45) is 7.05 Å². The van der Waals surface area contributed by atoms with Crippen molar-refractivity contribution in [3.63, 3.8) is 0 Å². The first-order valence-electron chi connectivity index (χ1n) is 5.14. The fourth-order valence-corrected chi connectivity index (χ4v) is 1.88. The van der Waals surface area contributed by atoms with E-state index in [9.17, 15) is 4.79 Å². The van der Waals surface area contributed by atoms with Crippen molar-refractivity contribution in [2.75, 3.05) is 0 Å². The van der Waals surface area contributed by atoms with Gasteiger partial charge in [-0.1, -0.05) is 11.6 Å². The maximum absolute atomic E-state index is 11.9. The largest absolute Gasteiger partial charge is 0.345 e. The van der Waals surface area contributed by atoms with Crippen molar-refractivity contribution in [3.05, 3.63) is 44.5 Å². The molecule has 0 atom stereocenters. The number of carbonyl (C=O) groups is 1. The molecule has 0 spiro atoms. The molecular formula is C11H10ClIN4O. The molecule has 1 amide bonds. The second-order valence-electron chi connectivity index (χ2n) is 3.67. The Labute approximate surface area is 123 Å². The second kappa shape index (κ2) is 5.66. The molecule has 1 aromatic carbocycles. The van der Waals surface area contributed by atoms with Crippen LogP contribution in [-0.4, -0.2) is 20.7 Å². The van der Waals surface area contributed by atoms with Crippen molar-refractivity contribution in [2.45, 2.75) is 6.54 Å². The third-order valence-electron chi connectivity index (χ3n) is 2.39. The summed E-state index contributed by atoms with van der Waals surface area (Å²) in [4.78, 5) is 11.9. The van der Waals surface area contributed by atoms with E-state index in [1.54, 1.807) is 29.1 Å². The Kier molecular flexibility index (Phi) is 4.18. The normalized spacial score (nSPS) is 10.4. The van der Waals surface area contributed by atoms with Crippen molar-refractivity contribution in [3.8, 4) is 0 Å². The molecule has 0 aliphatic rings. The quantitative estimate of drug-likeness (QED) is 0.834. The summed E-state index contributed by atoms with van der Waals surface area (Å²) in [6.07, 6.45) is 1.59. The van der Waals surface area contributed by atoms with E-state index in [-0.39, 0.29) is 5.91 Å². The van der Waals surface area contributed by atoms with Crippen LogP contribution in [0.5, 0.6) is 0 Å². The number of carbonyl (C=O) groups excluding carboxylic acids is 1. The number of aromatic nitrogens is 3. The monoisotopic (exact) mass is 376 g/mol. The van der Waals surface area contributed by atoms with Crippen LogP contribution < -0.4 is 5.32 Å². The average Bonchev–Trinajstić information content (AvgIpc) is 2.75. The van der Waals surface area contributed by atoms with E-state index in [0.29, 0.717) is 23.0 Å². The van der Waals surface area contributed by atoms with Crippen LogP contribution in [0.4, 0.5) is 0 Å². The van der Waals surface area contributed by atoms with Crippen LogP contribution in [0, 0.1) is 3.57 Å². The van der Waals surface area contributed by atoms with E-state index < -0.39 is 0 Å². The lowest BCUT2D eigenvalue weighted by atomic mass is 10.2. The molecule has 0 radical (unpaired) electrons. The molecule has 5 nitrogen and oxygen atoms in total. The molecule has 18 heavy (non-hydrogen) atoms. The van der Waals surface area contributed by atoms with Gasteiger partial charge in [-0.15, -0.1) is 10.2 Å². The van der Waals surface area contributed by atoms with Gasteiger partial charge in [0.2, 0.25) is 0 Å². The van der Waals surface area contributed by atoms with Gasteiger partial charge in [0.05, 0.1) is 11.6 Å². The molecule has 0 unspecified atom stereocenters. The first-order valence-corrected chi connectivity index (χ1v) is 6.59. The third kappa shape index (κ3) is 2.99. The van der Waals surface area contributed by atoms with Crippen molar-refractivity contribution < 1.29 is 4.79 Å². The molecule has 94 valence electrons. The number of halogens is 2. The van der Waals surface area contributed by atoms with Gasteiger partial charge in [0, 0.05) is 16.2 Å². The summed E-state index contributed by atoms with van der Waals surface area (Å²) in [5, 5.41) is 11.0. The fourth-order valence-electron chi connectivity index (χ4n) is 1.37. The summed E-state index contributed by atoms with van der Waals surface area (Å²) in [5.41, 5.74) is 0.530. The highest BCUT2D eigenvalue weighted by Gasteiger charge is 2.09. The third-order valence-corrected chi connectivity index (χ3v) is 3.97. The Balaban J connectivity index is 2.04. The molecular weight excluding hydrogens is 367 g/mol. The molecule has 0 aliphatic carbocycles. The minimum atomic E-state index is -0.184. The predicted octanol–water partition coefficient (Wildman–Crippen LogP) is 2.00. The molecule has 1 heterocycles. The van der Waals surface area contributed by atoms with E-state index in [1.807, 2.05) is 7.05 Å². The predicted molar refractivity (Wildman–Crippen MR) is 76.3 cm³/mol. The number of benzene rings is 1. The van der Waals surface area contributed by atoms with Crippen LogP contribution >= 0.6 is 34.2 Å². The van der Waals surface area contributed by atoms with Gasteiger partial charge in [0.25, 0.3) is 5.91 Å². The molecule has 7 heteroatoms. The van der Waals surface area contributed by atoms with E-state index in [4.69, 9.17) is 11.6 Å². The van der Waals surface area contributed by atoms with Gasteiger partial charge in [0.15, 0.2) is 5.82 Å². The van der Waals surface area contributed by atoms with Crippen LogP contribution in [0.25, 0.3) is 0 Å². The van der Waals surface area contributed by atoms with Gasteiger partial charge in [-0.2, -0.15) is 0 Å². The summed E-state index contributed by atoms with van der Waals surface area (Å²) in [6.45, 7) is 0.332. The highest BCUT2D eigenvalue weighted by molar-refractivity contribution is 14.1. The highest BCUT2D eigenvalue weighted by atomic mass is 127. The van der Waals surface area contributed by atoms with Gasteiger partial charge in [-0.05, 0) is 40.8 Å². The molecule has 2 rings (SSSR count). The summed E-state index contributed by atoms with van der Waals surface area (Å²) in [7, 11) is 1.82. The number of hydrogen-bond donors (Lipinski definition) is 1. The SMILES string of the molecule is Cn1cnnc1CNC(=O)c1ccc(I)c(Cl)c1. The second-order valence-corrected chi connectivity index (χ2v) is 5.24. The zero-order valence-electron chi connectivity index (χ0n) is 9.52. The lowest BCUT2D eigenvalue weighted by Gasteiger charge is -2.05. The van der Waals surface area contributed by atoms with E-state index in [2.05, 4.69) is 38.1 Å². The van der Waals surface area contributed by atoms with E-state index in [1.165, 1.54) is 0 Å². The number of nitrogens with zero attached hydrogens (tertiary/aromatic N) is 3. The molecule has 1 aromatic heterocycles. The van der Waals surface area contributed by atoms with Crippen molar-refractivity contribution in [1.82, 2.24) is 20.1 Å². The fraction of sp³-hybridized carbons (Fsp3) is 0.182. The lowest BCUT2D eigenvalue weighted by molar-refractivity contribution is 0.0949. The maximum Gasteiger partial charge on any atom is 0.251 e. The molecule has 0 bridgehead atoms. The summed E-state index contributed by atoms with van der Waals surface area (Å²) in [5.74, 6) is 0.510. The zero-order valence-corrected chi connectivity index (χ0v) is 12.4. The molecule has 0 aliphatic heterocycles. The first kappa shape index (κ1) is 13.3. The van der Waals surface area contributed by atoms with Crippen LogP contribution in [0.15, 0.2) is 24.5 Å². The molecule has 0 saturated carbocycles. The van der Waals surface area contributed by atoms with Gasteiger partial charge < -0.3 is 9.88 Å². The molecule has 1 N–H and O–H groups in total. The minimum Gasteiger partial charge on any atom is -0.345 e. The van der Waals surface area contributed by atoms with Gasteiger partial charge in [0.1, 0.15) is 6.33 Å². The molecule has 2 aromatic rings. The van der Waals surface area contributed by atoms with Gasteiger partial charge in [-0.3, -0.25) is 4.79 Å². The number of aryl methyl sites for hydroxylation is 1. The Morgan fingerprint density at radius 1 is 1.56 bits per heavy atom. The highest BCUT2D eigenvalue weighted by Crippen LogP contribution is 2.19. The summed E-state index contributed by atoms with van der Waals surface area (Å²) >= 11 is 8.08. The number of amides is 1. The Morgan fingerprint density at radius 2 is 2.33 bits per heavy atom. The van der Waals surface area contributed by atoms with Crippen molar-refractivity contribution >= 4 is 40.1 Å². The van der Waals surface area contributed by atoms with E-state index >= 15 is 0 Å². The lowest BCUT2D eigenvalue weighted by Crippen LogP contribution is -2.24. The standard InChI is InChI=1S/C11H10ClIN4O/c1-17-6-15-16-10(17)5-14-11(18)7-2-3-9(13)8(12)4-7/h2-4,6H,5H2,1H3,(H,14,18). The van der Waals surface area contributed by atoms with Crippen molar-refractivity contribution in [1.29, 1.82) is 0 Å². The zero-order chi connectivity index (χ0) is 13.1. The van der Waals surface area contributed by atoms with Gasteiger partial charge >= 0.3 is 0 Å². The number of hydrogen-bond acceptors (Lipinski definition) is 3. The van der Waals surface area contributed by atoms with Crippen LogP contribution in [0.3, 0.4) is 0 Å². The Hall–Kier alpha value is -1.15. The minimum absolute atomic E-state index is 0.184. The van der Waals surface area contributed by atoms with Crippen LogP contribution in [0.2, 0.25) is 5.02 Å². The topological polar surface area (TPSA) is 59.8 Å². The number of rotatable bonds is 3. The Morgan fingerprint density at radius 3 is 2.94 bits per heavy atom. The Bertz CT molecular complexity index is 584. The average molecular weight is 377 g/mol. The summed E-state index contributed by atoms with van der Waals surface area (Å²) in [6, 6.07) is 5.19. The summed E-state index contributed by atoms with van der Waals surface area (Å²) < 4.78 is 2.67. The van der Waals surface area contributed by atoms with Crippen LogP contribution in [0.1, 0.15) is 16.2 Å². The molecule has 0 fully saturated rings. The van der Waals surface area contributed by atoms with Gasteiger partial charge in [-0.25, -0.2) is 0 Å². The maximum atomic E-state index is 11.9. The first-order chi connectivity index (χ1) is 8.58.